The van der Waals surface area contributed by atoms with E-state index in [2.05, 4.69) is 0 Å². The lowest BCUT2D eigenvalue weighted by Crippen LogP contribution is -2.54. The van der Waals surface area contributed by atoms with Crippen LogP contribution in [0.15, 0.2) is 29.2 Å². The molecule has 0 radical (unpaired) electrons. The Kier molecular flexibility index (Phi) is 5.27. The summed E-state index contributed by atoms with van der Waals surface area (Å²) in [5, 5.41) is 0. The molecule has 7 heteroatoms. The summed E-state index contributed by atoms with van der Waals surface area (Å²) < 4.78 is 44.5. The first kappa shape index (κ1) is 22.1. The van der Waals surface area contributed by atoms with Gasteiger partial charge in [0.1, 0.15) is 16.5 Å². The third kappa shape index (κ3) is 3.61. The third-order valence-corrected chi connectivity index (χ3v) is 10.7. The highest BCUT2D eigenvalue weighted by atomic mass is 32.2. The van der Waals surface area contributed by atoms with Gasteiger partial charge >= 0.3 is 5.97 Å². The molecule has 0 amide bonds. The molecule has 5 aliphatic carbocycles. The SMILES string of the molecule is COC(=O)C12CC3CC(C1)C(CC(=O)C1(CCS(=O)(=O)c4ccccc4F)CC1)C(C3)C2. The average molecular weight is 463 g/mol. The van der Waals surface area contributed by atoms with Gasteiger partial charge in [-0.15, -0.1) is 0 Å². The molecule has 5 aliphatic rings. The lowest BCUT2D eigenvalue weighted by molar-refractivity contribution is -0.175. The number of Topliss-reactive ketones (excluding diaryl/α,β-unsaturated/α-hetero) is 1. The standard InChI is InChI=1S/C25H31FO5S/c1-31-23(28)25-13-16-10-17(14-25)19(18(11-16)15-25)12-22(27)24(6-7-24)8-9-32(29,30)21-5-3-2-4-20(21)26/h2-5,16-19H,6-15H2,1H3. The largest absolute Gasteiger partial charge is 0.469 e. The summed E-state index contributed by atoms with van der Waals surface area (Å²) in [7, 11) is -2.30. The predicted molar refractivity (Wildman–Crippen MR) is 116 cm³/mol. The number of rotatable bonds is 8. The lowest BCUT2D eigenvalue weighted by atomic mass is 9.45. The Bertz CT molecular complexity index is 1030. The zero-order valence-electron chi connectivity index (χ0n) is 18.5. The van der Waals surface area contributed by atoms with Crippen LogP contribution in [0.2, 0.25) is 0 Å². The van der Waals surface area contributed by atoms with E-state index < -0.39 is 21.1 Å². The Hall–Kier alpha value is -1.76. The minimum Gasteiger partial charge on any atom is -0.469 e. The van der Waals surface area contributed by atoms with Crippen molar-refractivity contribution in [1.29, 1.82) is 0 Å². The molecule has 6 rings (SSSR count). The minimum atomic E-state index is -3.77. The van der Waals surface area contributed by atoms with Gasteiger partial charge in [0, 0.05) is 11.8 Å². The molecule has 5 saturated carbocycles. The molecule has 1 aromatic carbocycles. The van der Waals surface area contributed by atoms with Crippen molar-refractivity contribution >= 4 is 21.6 Å². The van der Waals surface area contributed by atoms with Crippen LogP contribution < -0.4 is 0 Å². The van der Waals surface area contributed by atoms with Crippen molar-refractivity contribution in [2.24, 2.45) is 34.5 Å². The number of hydrogen-bond donors (Lipinski definition) is 0. The Morgan fingerprint density at radius 3 is 2.34 bits per heavy atom. The van der Waals surface area contributed by atoms with E-state index in [9.17, 15) is 22.4 Å². The van der Waals surface area contributed by atoms with Crippen molar-refractivity contribution < 1.29 is 27.1 Å². The second kappa shape index (κ2) is 7.64. The van der Waals surface area contributed by atoms with E-state index in [4.69, 9.17) is 4.74 Å². The van der Waals surface area contributed by atoms with Gasteiger partial charge in [-0.05, 0) is 87.2 Å². The van der Waals surface area contributed by atoms with E-state index in [1.165, 1.54) is 25.3 Å². The second-order valence-corrected chi connectivity index (χ2v) is 12.9. The predicted octanol–water partition coefficient (Wildman–Crippen LogP) is 4.34. The van der Waals surface area contributed by atoms with Gasteiger partial charge in [0.05, 0.1) is 18.3 Å². The molecule has 32 heavy (non-hydrogen) atoms. The van der Waals surface area contributed by atoms with Gasteiger partial charge in [0.2, 0.25) is 0 Å². The summed E-state index contributed by atoms with van der Waals surface area (Å²) in [6.07, 6.45) is 6.91. The number of ketones is 1. The lowest BCUT2D eigenvalue weighted by Gasteiger charge is -2.58. The number of hydrogen-bond acceptors (Lipinski definition) is 5. The Labute approximate surface area is 189 Å². The van der Waals surface area contributed by atoms with E-state index in [0.717, 1.165) is 51.0 Å². The molecule has 0 spiro atoms. The number of carbonyl (C=O) groups excluding carboxylic acids is 2. The molecule has 0 aliphatic heterocycles. The quantitative estimate of drug-likeness (QED) is 0.537. The molecular formula is C25H31FO5S. The molecule has 2 atom stereocenters. The summed E-state index contributed by atoms with van der Waals surface area (Å²) in [4.78, 5) is 25.6. The highest BCUT2D eigenvalue weighted by Gasteiger charge is 2.60. The van der Waals surface area contributed by atoms with E-state index >= 15 is 0 Å². The Morgan fingerprint density at radius 1 is 1.09 bits per heavy atom. The Morgan fingerprint density at radius 2 is 1.75 bits per heavy atom. The molecule has 0 saturated heterocycles. The molecule has 0 aromatic heterocycles. The number of esters is 1. The number of benzene rings is 1. The first-order valence-corrected chi connectivity index (χ1v) is 13.4. The zero-order chi connectivity index (χ0) is 22.7. The van der Waals surface area contributed by atoms with Crippen LogP contribution in [0, 0.1) is 40.3 Å². The van der Waals surface area contributed by atoms with Crippen molar-refractivity contribution in [2.45, 2.75) is 62.7 Å². The Balaban J connectivity index is 1.25. The number of methoxy groups -OCH3 is 1. The molecule has 2 unspecified atom stereocenters. The van der Waals surface area contributed by atoms with Crippen LogP contribution in [0.4, 0.5) is 4.39 Å². The number of sulfone groups is 1. The van der Waals surface area contributed by atoms with Gasteiger partial charge in [0.15, 0.2) is 9.84 Å². The fourth-order valence-corrected chi connectivity index (χ4v) is 8.85. The summed E-state index contributed by atoms with van der Waals surface area (Å²) in [5.74, 6) is 0.743. The molecule has 4 bridgehead atoms. The van der Waals surface area contributed by atoms with Crippen LogP contribution in [0.5, 0.6) is 0 Å². The van der Waals surface area contributed by atoms with Crippen molar-refractivity contribution in [3.8, 4) is 0 Å². The van der Waals surface area contributed by atoms with E-state index in [0.29, 0.717) is 24.2 Å². The van der Waals surface area contributed by atoms with Crippen LogP contribution >= 0.6 is 0 Å². The molecule has 5 nitrogen and oxygen atoms in total. The maximum Gasteiger partial charge on any atom is 0.311 e. The van der Waals surface area contributed by atoms with E-state index in [1.54, 1.807) is 0 Å². The van der Waals surface area contributed by atoms with Crippen LogP contribution in [-0.2, 0) is 24.2 Å². The smallest absolute Gasteiger partial charge is 0.311 e. The summed E-state index contributed by atoms with van der Waals surface area (Å²) in [6, 6.07) is 5.42. The minimum absolute atomic E-state index is 0.0845. The molecular weight excluding hydrogens is 431 g/mol. The molecule has 174 valence electrons. The summed E-state index contributed by atoms with van der Waals surface area (Å²) in [6.45, 7) is 0. The van der Waals surface area contributed by atoms with Crippen molar-refractivity contribution in [1.82, 2.24) is 0 Å². The van der Waals surface area contributed by atoms with Gasteiger partial charge in [-0.2, -0.15) is 0 Å². The monoisotopic (exact) mass is 462 g/mol. The molecule has 5 fully saturated rings. The average Bonchev–Trinajstić information content (AvgIpc) is 3.55. The van der Waals surface area contributed by atoms with E-state index in [-0.39, 0.29) is 40.2 Å². The van der Waals surface area contributed by atoms with Crippen LogP contribution in [0.3, 0.4) is 0 Å². The van der Waals surface area contributed by atoms with Crippen LogP contribution in [0.1, 0.15) is 57.8 Å². The number of ether oxygens (including phenoxy) is 1. The van der Waals surface area contributed by atoms with Crippen LogP contribution in [-0.4, -0.2) is 33.0 Å². The number of carbonyl (C=O) groups is 2. The zero-order valence-corrected chi connectivity index (χ0v) is 19.3. The first-order valence-electron chi connectivity index (χ1n) is 11.8. The van der Waals surface area contributed by atoms with Crippen LogP contribution in [0.25, 0.3) is 0 Å². The summed E-state index contributed by atoms with van der Waals surface area (Å²) in [5.41, 5.74) is -0.914. The molecule has 1 aromatic rings. The fourth-order valence-electron chi connectivity index (χ4n) is 7.32. The van der Waals surface area contributed by atoms with Gasteiger partial charge in [-0.3, -0.25) is 9.59 Å². The van der Waals surface area contributed by atoms with E-state index in [1.807, 2.05) is 0 Å². The number of halogens is 1. The molecule has 0 heterocycles. The second-order valence-electron chi connectivity index (χ2n) is 10.8. The van der Waals surface area contributed by atoms with Gasteiger partial charge in [-0.25, -0.2) is 12.8 Å². The van der Waals surface area contributed by atoms with Crippen molar-refractivity contribution in [2.75, 3.05) is 12.9 Å². The highest BCUT2D eigenvalue weighted by molar-refractivity contribution is 7.91. The maximum atomic E-state index is 14.0. The molecule has 0 N–H and O–H groups in total. The van der Waals surface area contributed by atoms with Gasteiger partial charge in [-0.1, -0.05) is 12.1 Å². The van der Waals surface area contributed by atoms with Crippen molar-refractivity contribution in [3.05, 3.63) is 30.1 Å². The maximum absolute atomic E-state index is 14.0. The van der Waals surface area contributed by atoms with Crippen molar-refractivity contribution in [3.63, 3.8) is 0 Å². The van der Waals surface area contributed by atoms with Gasteiger partial charge in [0.25, 0.3) is 0 Å². The highest BCUT2D eigenvalue weighted by Crippen LogP contribution is 2.64. The fraction of sp³-hybridized carbons (Fsp3) is 0.680. The normalized spacial score (nSPS) is 34.3. The third-order valence-electron chi connectivity index (χ3n) is 8.97. The summed E-state index contributed by atoms with van der Waals surface area (Å²) >= 11 is 0. The van der Waals surface area contributed by atoms with Gasteiger partial charge < -0.3 is 4.74 Å². The first-order chi connectivity index (χ1) is 15.2. The topological polar surface area (TPSA) is 77.5 Å².